The third-order valence-corrected chi connectivity index (χ3v) is 6.42. The molecule has 0 amide bonds. The molecule has 2 aromatic carbocycles. The minimum Gasteiger partial charge on any atom is -0.371 e. The SMILES string of the molecule is CCN1/C(=N/Cc2cccc(Cl)c2)C2(CCNCC2)Nc2cc(Cl)c(Cl)cc21. The fraction of sp³-hybridized carbons (Fsp3) is 0.381. The van der Waals surface area contributed by atoms with Crippen molar-refractivity contribution in [3.05, 3.63) is 57.0 Å². The summed E-state index contributed by atoms with van der Waals surface area (Å²) >= 11 is 18.8. The summed E-state index contributed by atoms with van der Waals surface area (Å²) < 4.78 is 0. The zero-order valence-corrected chi connectivity index (χ0v) is 18.0. The van der Waals surface area contributed by atoms with Crippen LogP contribution < -0.4 is 15.5 Å². The first-order chi connectivity index (χ1) is 13.5. The average molecular weight is 438 g/mol. The molecule has 0 aromatic heterocycles. The van der Waals surface area contributed by atoms with Crippen LogP contribution in [0.25, 0.3) is 0 Å². The molecule has 2 aliphatic heterocycles. The summed E-state index contributed by atoms with van der Waals surface area (Å²) in [6.45, 7) is 5.41. The van der Waals surface area contributed by atoms with Gasteiger partial charge in [0, 0.05) is 11.6 Å². The van der Waals surface area contributed by atoms with E-state index in [9.17, 15) is 0 Å². The number of amidine groups is 1. The lowest BCUT2D eigenvalue weighted by Crippen LogP contribution is -2.61. The molecule has 2 aliphatic rings. The predicted molar refractivity (Wildman–Crippen MR) is 121 cm³/mol. The van der Waals surface area contributed by atoms with Crippen LogP contribution >= 0.6 is 34.8 Å². The van der Waals surface area contributed by atoms with Gasteiger partial charge in [-0.2, -0.15) is 0 Å². The molecule has 2 N–H and O–H groups in total. The van der Waals surface area contributed by atoms with Crippen LogP contribution in [-0.2, 0) is 6.54 Å². The summed E-state index contributed by atoms with van der Waals surface area (Å²) in [5.41, 5.74) is 2.91. The zero-order chi connectivity index (χ0) is 19.7. The molecular formula is C21H23Cl3N4. The Morgan fingerprint density at radius 2 is 1.82 bits per heavy atom. The lowest BCUT2D eigenvalue weighted by atomic mass is 9.83. The third-order valence-electron chi connectivity index (χ3n) is 5.46. The highest BCUT2D eigenvalue weighted by Gasteiger charge is 2.44. The van der Waals surface area contributed by atoms with Gasteiger partial charge in [0.15, 0.2) is 0 Å². The summed E-state index contributed by atoms with van der Waals surface area (Å²) in [6, 6.07) is 11.7. The van der Waals surface area contributed by atoms with E-state index in [1.165, 1.54) is 0 Å². The van der Waals surface area contributed by atoms with Gasteiger partial charge >= 0.3 is 0 Å². The van der Waals surface area contributed by atoms with Crippen LogP contribution in [0.3, 0.4) is 0 Å². The Morgan fingerprint density at radius 3 is 2.54 bits per heavy atom. The van der Waals surface area contributed by atoms with Gasteiger partial charge in [-0.25, -0.2) is 0 Å². The predicted octanol–water partition coefficient (Wildman–Crippen LogP) is 5.62. The second-order valence-corrected chi connectivity index (χ2v) is 8.51. The minimum absolute atomic E-state index is 0.218. The number of aliphatic imine (C=N–C) groups is 1. The number of fused-ring (bicyclic) bond motifs is 1. The Hall–Kier alpha value is -1.46. The van der Waals surface area contributed by atoms with E-state index in [1.54, 1.807) is 0 Å². The molecule has 0 saturated carbocycles. The van der Waals surface area contributed by atoms with Gasteiger partial charge in [0.2, 0.25) is 0 Å². The van der Waals surface area contributed by atoms with Crippen LogP contribution in [0.4, 0.5) is 11.4 Å². The lowest BCUT2D eigenvalue weighted by molar-refractivity contribution is 0.414. The van der Waals surface area contributed by atoms with Crippen molar-refractivity contribution in [3.63, 3.8) is 0 Å². The molecule has 4 rings (SSSR count). The molecule has 7 heteroatoms. The molecule has 1 spiro atoms. The molecule has 0 atom stereocenters. The van der Waals surface area contributed by atoms with Crippen molar-refractivity contribution in [1.29, 1.82) is 0 Å². The Morgan fingerprint density at radius 1 is 1.07 bits per heavy atom. The summed E-state index contributed by atoms with van der Waals surface area (Å²) in [4.78, 5) is 7.36. The van der Waals surface area contributed by atoms with E-state index in [2.05, 4.69) is 28.5 Å². The quantitative estimate of drug-likeness (QED) is 0.654. The van der Waals surface area contributed by atoms with E-state index in [1.807, 2.05) is 30.3 Å². The molecule has 4 nitrogen and oxygen atoms in total. The smallest absolute Gasteiger partial charge is 0.130 e. The highest BCUT2D eigenvalue weighted by atomic mass is 35.5. The summed E-state index contributed by atoms with van der Waals surface area (Å²) in [7, 11) is 0. The third kappa shape index (κ3) is 3.71. The highest BCUT2D eigenvalue weighted by molar-refractivity contribution is 6.42. The Bertz CT molecular complexity index is 907. The standard InChI is InChI=1S/C21H23Cl3N4/c1-2-28-19-12-17(24)16(23)11-18(19)27-21(6-8-25-9-7-21)20(28)26-13-14-4-3-5-15(22)10-14/h3-5,10-12,25,27H,2,6-9,13H2,1H3/b26-20+. The number of likely N-dealkylation sites (N-methyl/N-ethyl adjacent to an activating group) is 1. The van der Waals surface area contributed by atoms with Crippen molar-refractivity contribution < 1.29 is 0 Å². The molecule has 148 valence electrons. The number of piperidine rings is 1. The highest BCUT2D eigenvalue weighted by Crippen LogP contribution is 2.43. The molecule has 28 heavy (non-hydrogen) atoms. The number of benzene rings is 2. The molecular weight excluding hydrogens is 415 g/mol. The number of anilines is 2. The number of halogens is 3. The maximum absolute atomic E-state index is 6.33. The lowest BCUT2D eigenvalue weighted by Gasteiger charge is -2.48. The van der Waals surface area contributed by atoms with Crippen molar-refractivity contribution in [2.75, 3.05) is 29.9 Å². The van der Waals surface area contributed by atoms with Crippen molar-refractivity contribution in [2.24, 2.45) is 4.99 Å². The second kappa shape index (κ2) is 8.11. The number of hydrogen-bond donors (Lipinski definition) is 2. The number of rotatable bonds is 3. The molecule has 2 aromatic rings. The zero-order valence-electron chi connectivity index (χ0n) is 15.7. The van der Waals surface area contributed by atoms with E-state index >= 15 is 0 Å². The van der Waals surface area contributed by atoms with Gasteiger partial charge in [-0.3, -0.25) is 4.99 Å². The minimum atomic E-state index is -0.218. The van der Waals surface area contributed by atoms with Crippen LogP contribution in [0.15, 0.2) is 41.4 Å². The fourth-order valence-electron chi connectivity index (χ4n) is 4.11. The van der Waals surface area contributed by atoms with Crippen molar-refractivity contribution in [2.45, 2.75) is 31.8 Å². The number of hydrogen-bond acceptors (Lipinski definition) is 3. The van der Waals surface area contributed by atoms with Crippen molar-refractivity contribution in [3.8, 4) is 0 Å². The van der Waals surface area contributed by atoms with E-state index in [0.29, 0.717) is 16.6 Å². The second-order valence-electron chi connectivity index (χ2n) is 7.25. The van der Waals surface area contributed by atoms with Crippen LogP contribution in [0.5, 0.6) is 0 Å². The molecule has 1 saturated heterocycles. The molecule has 0 aliphatic carbocycles. The van der Waals surface area contributed by atoms with Crippen LogP contribution in [-0.4, -0.2) is 31.0 Å². The van der Waals surface area contributed by atoms with E-state index in [-0.39, 0.29) is 5.54 Å². The maximum atomic E-state index is 6.33. The molecule has 0 radical (unpaired) electrons. The monoisotopic (exact) mass is 436 g/mol. The largest absolute Gasteiger partial charge is 0.371 e. The van der Waals surface area contributed by atoms with Crippen LogP contribution in [0.1, 0.15) is 25.3 Å². The van der Waals surface area contributed by atoms with Crippen molar-refractivity contribution >= 4 is 52.0 Å². The van der Waals surface area contributed by atoms with Crippen LogP contribution in [0.2, 0.25) is 15.1 Å². The van der Waals surface area contributed by atoms with Gasteiger partial charge in [0.1, 0.15) is 5.84 Å². The van der Waals surface area contributed by atoms with Gasteiger partial charge in [-0.1, -0.05) is 46.9 Å². The topological polar surface area (TPSA) is 39.7 Å². The first-order valence-electron chi connectivity index (χ1n) is 9.57. The normalized spacial score (nSPS) is 19.6. The molecule has 0 unspecified atom stereocenters. The van der Waals surface area contributed by atoms with Gasteiger partial charge in [0.25, 0.3) is 0 Å². The van der Waals surface area contributed by atoms with Gasteiger partial charge in [0.05, 0.1) is 33.5 Å². The van der Waals surface area contributed by atoms with Gasteiger partial charge < -0.3 is 15.5 Å². The fourth-order valence-corrected chi connectivity index (χ4v) is 4.64. The number of nitrogens with one attached hydrogen (secondary N) is 2. The first-order valence-corrected chi connectivity index (χ1v) is 10.7. The Labute approximate surface area is 180 Å². The van der Waals surface area contributed by atoms with Crippen molar-refractivity contribution in [1.82, 2.24) is 5.32 Å². The first kappa shape index (κ1) is 19.8. The van der Waals surface area contributed by atoms with E-state index in [0.717, 1.165) is 60.3 Å². The Balaban J connectivity index is 1.79. The van der Waals surface area contributed by atoms with Gasteiger partial charge in [-0.05, 0) is 62.7 Å². The van der Waals surface area contributed by atoms with Crippen LogP contribution in [0, 0.1) is 0 Å². The number of nitrogens with zero attached hydrogens (tertiary/aromatic N) is 2. The molecule has 2 heterocycles. The average Bonchev–Trinajstić information content (AvgIpc) is 2.68. The van der Waals surface area contributed by atoms with E-state index in [4.69, 9.17) is 39.8 Å². The molecule has 1 fully saturated rings. The summed E-state index contributed by atoms with van der Waals surface area (Å²) in [5.74, 6) is 1.06. The maximum Gasteiger partial charge on any atom is 0.130 e. The summed E-state index contributed by atoms with van der Waals surface area (Å²) in [6.07, 6.45) is 1.91. The van der Waals surface area contributed by atoms with E-state index < -0.39 is 0 Å². The molecule has 0 bridgehead atoms. The Kier molecular flexibility index (Phi) is 5.75. The summed E-state index contributed by atoms with van der Waals surface area (Å²) in [5, 5.41) is 9.06. The van der Waals surface area contributed by atoms with Gasteiger partial charge in [-0.15, -0.1) is 0 Å².